The molecular weight excluding hydrogens is 322 g/mol. The molecule has 5 nitrogen and oxygen atoms in total. The van der Waals surface area contributed by atoms with E-state index in [-0.39, 0.29) is 23.8 Å². The van der Waals surface area contributed by atoms with Gasteiger partial charge in [-0.2, -0.15) is 0 Å². The lowest BCUT2D eigenvalue weighted by atomic mass is 9.84. The monoisotopic (exact) mass is 343 g/mol. The molecule has 1 N–H and O–H groups in total. The lowest BCUT2D eigenvalue weighted by molar-refractivity contribution is -0.141. The van der Waals surface area contributed by atoms with E-state index < -0.39 is 0 Å². The Morgan fingerprint density at radius 1 is 1.38 bits per heavy atom. The van der Waals surface area contributed by atoms with E-state index in [0.29, 0.717) is 19.4 Å². The molecule has 1 aromatic carbocycles. The summed E-state index contributed by atoms with van der Waals surface area (Å²) in [5.74, 6) is -0.171. The highest BCUT2D eigenvalue weighted by molar-refractivity contribution is 7.11. The summed E-state index contributed by atoms with van der Waals surface area (Å²) < 4.78 is 0. The minimum absolute atomic E-state index is 0.0175. The van der Waals surface area contributed by atoms with Crippen molar-refractivity contribution in [2.24, 2.45) is 5.92 Å². The van der Waals surface area contributed by atoms with E-state index in [1.165, 1.54) is 0 Å². The number of carbonyl (C=O) groups is 2. The number of carbonyl (C=O) groups excluding carboxylic acids is 2. The molecule has 6 heteroatoms. The molecule has 2 atom stereocenters. The smallest absolute Gasteiger partial charge is 0.225 e. The number of piperidine rings is 1. The SMILES string of the molecule is Cc1cnc(CNC(=O)[C@@H]2CCC(=O)N(C)[C@H]2c2ccccc2)s1. The van der Waals surface area contributed by atoms with E-state index in [4.69, 9.17) is 0 Å². The number of aromatic nitrogens is 1. The zero-order valence-corrected chi connectivity index (χ0v) is 14.7. The summed E-state index contributed by atoms with van der Waals surface area (Å²) in [6.45, 7) is 2.43. The van der Waals surface area contributed by atoms with Gasteiger partial charge in [0, 0.05) is 24.5 Å². The highest BCUT2D eigenvalue weighted by Crippen LogP contribution is 2.35. The molecule has 2 aromatic rings. The Morgan fingerprint density at radius 2 is 2.12 bits per heavy atom. The predicted octanol–water partition coefficient (Wildman–Crippen LogP) is 2.68. The molecule has 0 spiro atoms. The summed E-state index contributed by atoms with van der Waals surface area (Å²) in [5, 5.41) is 3.89. The van der Waals surface area contributed by atoms with Crippen LogP contribution in [0.5, 0.6) is 0 Å². The number of hydrogen-bond acceptors (Lipinski definition) is 4. The molecule has 1 saturated heterocycles. The first-order chi connectivity index (χ1) is 11.6. The molecule has 1 fully saturated rings. The average Bonchev–Trinajstić information content (AvgIpc) is 3.01. The number of rotatable bonds is 4. The van der Waals surface area contributed by atoms with Crippen LogP contribution in [0.2, 0.25) is 0 Å². The third-order valence-electron chi connectivity index (χ3n) is 4.42. The molecule has 0 unspecified atom stereocenters. The summed E-state index contributed by atoms with van der Waals surface area (Å²) in [5.41, 5.74) is 0.998. The first-order valence-corrected chi connectivity index (χ1v) is 8.87. The number of aryl methyl sites for hydroxylation is 1. The zero-order chi connectivity index (χ0) is 17.1. The highest BCUT2D eigenvalue weighted by atomic mass is 32.1. The average molecular weight is 343 g/mol. The first kappa shape index (κ1) is 16.6. The molecular formula is C18H21N3O2S. The molecule has 24 heavy (non-hydrogen) atoms. The van der Waals surface area contributed by atoms with Gasteiger partial charge >= 0.3 is 0 Å². The molecule has 0 aliphatic carbocycles. The number of hydrogen-bond donors (Lipinski definition) is 1. The van der Waals surface area contributed by atoms with E-state index in [0.717, 1.165) is 15.4 Å². The van der Waals surface area contributed by atoms with Gasteiger partial charge in [0.05, 0.1) is 18.5 Å². The Labute approximate surface area is 145 Å². The van der Waals surface area contributed by atoms with Crippen molar-refractivity contribution < 1.29 is 9.59 Å². The normalized spacial score (nSPS) is 20.9. The van der Waals surface area contributed by atoms with Crippen LogP contribution in [0.25, 0.3) is 0 Å². The Balaban J connectivity index is 1.76. The maximum Gasteiger partial charge on any atom is 0.225 e. The van der Waals surface area contributed by atoms with Crippen LogP contribution in [0, 0.1) is 12.8 Å². The van der Waals surface area contributed by atoms with E-state index in [1.807, 2.05) is 43.5 Å². The number of thiazole rings is 1. The third-order valence-corrected chi connectivity index (χ3v) is 5.33. The molecule has 0 saturated carbocycles. The fraction of sp³-hybridized carbons (Fsp3) is 0.389. The number of amides is 2. The first-order valence-electron chi connectivity index (χ1n) is 8.06. The van der Waals surface area contributed by atoms with Crippen LogP contribution < -0.4 is 5.32 Å². The van der Waals surface area contributed by atoms with Gasteiger partial charge in [0.15, 0.2) is 0 Å². The van der Waals surface area contributed by atoms with Crippen LogP contribution in [-0.4, -0.2) is 28.7 Å². The number of nitrogens with zero attached hydrogens (tertiary/aromatic N) is 2. The van der Waals surface area contributed by atoms with Crippen molar-refractivity contribution in [3.05, 3.63) is 52.0 Å². The van der Waals surface area contributed by atoms with E-state index >= 15 is 0 Å². The summed E-state index contributed by atoms with van der Waals surface area (Å²) in [7, 11) is 1.78. The minimum Gasteiger partial charge on any atom is -0.349 e. The van der Waals surface area contributed by atoms with Gasteiger partial charge in [0.1, 0.15) is 5.01 Å². The number of nitrogens with one attached hydrogen (secondary N) is 1. The van der Waals surface area contributed by atoms with Crippen LogP contribution in [0.1, 0.15) is 34.3 Å². The highest BCUT2D eigenvalue weighted by Gasteiger charge is 2.38. The van der Waals surface area contributed by atoms with Gasteiger partial charge in [-0.05, 0) is 18.9 Å². The number of benzene rings is 1. The third kappa shape index (κ3) is 3.48. The Morgan fingerprint density at radius 3 is 2.79 bits per heavy atom. The van der Waals surface area contributed by atoms with E-state index in [1.54, 1.807) is 23.3 Å². The van der Waals surface area contributed by atoms with Crippen molar-refractivity contribution in [1.29, 1.82) is 0 Å². The van der Waals surface area contributed by atoms with Gasteiger partial charge in [0.2, 0.25) is 11.8 Å². The zero-order valence-electron chi connectivity index (χ0n) is 13.9. The molecule has 3 rings (SSSR count). The Hall–Kier alpha value is -2.21. The van der Waals surface area contributed by atoms with Crippen molar-refractivity contribution in [1.82, 2.24) is 15.2 Å². The summed E-state index contributed by atoms with van der Waals surface area (Å²) in [6, 6.07) is 9.55. The molecule has 1 aromatic heterocycles. The standard InChI is InChI=1S/C18H21N3O2S/c1-12-10-19-15(24-12)11-20-18(23)14-8-9-16(22)21(2)17(14)13-6-4-3-5-7-13/h3-7,10,14,17H,8-9,11H2,1-2H3,(H,20,23)/t14-,17+/m1/s1. The second-order valence-electron chi connectivity index (χ2n) is 6.09. The molecule has 2 heterocycles. The molecule has 1 aliphatic heterocycles. The maximum absolute atomic E-state index is 12.7. The van der Waals surface area contributed by atoms with Gasteiger partial charge in [-0.1, -0.05) is 30.3 Å². The molecule has 1 aliphatic rings. The predicted molar refractivity (Wildman–Crippen MR) is 93.4 cm³/mol. The minimum atomic E-state index is -0.240. The van der Waals surface area contributed by atoms with Crippen molar-refractivity contribution >= 4 is 23.2 Å². The quantitative estimate of drug-likeness (QED) is 0.928. The van der Waals surface area contributed by atoms with Crippen LogP contribution in [0.3, 0.4) is 0 Å². The number of likely N-dealkylation sites (tertiary alicyclic amines) is 1. The second kappa shape index (κ2) is 7.13. The van der Waals surface area contributed by atoms with Crippen molar-refractivity contribution in [3.63, 3.8) is 0 Å². The van der Waals surface area contributed by atoms with Crippen LogP contribution in [0.4, 0.5) is 0 Å². The fourth-order valence-corrected chi connectivity index (χ4v) is 3.92. The van der Waals surface area contributed by atoms with E-state index in [9.17, 15) is 9.59 Å². The lowest BCUT2D eigenvalue weighted by Crippen LogP contribution is -2.46. The second-order valence-corrected chi connectivity index (χ2v) is 7.41. The van der Waals surface area contributed by atoms with Gasteiger partial charge in [-0.3, -0.25) is 9.59 Å². The molecule has 0 bridgehead atoms. The summed E-state index contributed by atoms with van der Waals surface area (Å²) in [6.07, 6.45) is 2.80. The van der Waals surface area contributed by atoms with Crippen LogP contribution in [0.15, 0.2) is 36.5 Å². The van der Waals surface area contributed by atoms with Crippen LogP contribution >= 0.6 is 11.3 Å². The molecule has 126 valence electrons. The van der Waals surface area contributed by atoms with Crippen molar-refractivity contribution in [3.8, 4) is 0 Å². The van der Waals surface area contributed by atoms with E-state index in [2.05, 4.69) is 10.3 Å². The van der Waals surface area contributed by atoms with Gasteiger partial charge in [-0.25, -0.2) is 4.98 Å². The topological polar surface area (TPSA) is 62.3 Å². The van der Waals surface area contributed by atoms with Crippen molar-refractivity contribution in [2.45, 2.75) is 32.4 Å². The summed E-state index contributed by atoms with van der Waals surface area (Å²) >= 11 is 1.58. The summed E-state index contributed by atoms with van der Waals surface area (Å²) in [4.78, 5) is 32.0. The Kier molecular flexibility index (Phi) is 4.94. The van der Waals surface area contributed by atoms with Gasteiger partial charge < -0.3 is 10.2 Å². The molecule has 2 amide bonds. The van der Waals surface area contributed by atoms with Crippen LogP contribution in [-0.2, 0) is 16.1 Å². The fourth-order valence-electron chi connectivity index (χ4n) is 3.20. The van der Waals surface area contributed by atoms with Gasteiger partial charge in [-0.15, -0.1) is 11.3 Å². The largest absolute Gasteiger partial charge is 0.349 e. The maximum atomic E-state index is 12.7. The molecule has 0 radical (unpaired) electrons. The van der Waals surface area contributed by atoms with Gasteiger partial charge in [0.25, 0.3) is 0 Å². The van der Waals surface area contributed by atoms with Crippen molar-refractivity contribution in [2.75, 3.05) is 7.05 Å². The Bertz CT molecular complexity index is 729. The lowest BCUT2D eigenvalue weighted by Gasteiger charge is -2.38.